The molecule has 0 aliphatic carbocycles. The third kappa shape index (κ3) is 5.29. The number of carbonyl (C=O) groups excluding carboxylic acids is 2. The first-order valence-electron chi connectivity index (χ1n) is 8.72. The molecule has 0 radical (unpaired) electrons. The van der Waals surface area contributed by atoms with Gasteiger partial charge in [-0.05, 0) is 52.0 Å². The number of carbonyl (C=O) groups is 2. The predicted octanol–water partition coefficient (Wildman–Crippen LogP) is 3.74. The number of thiazole rings is 1. The molecule has 0 bridgehead atoms. The van der Waals surface area contributed by atoms with Crippen molar-refractivity contribution in [3.63, 3.8) is 0 Å². The minimum absolute atomic E-state index is 0.108. The van der Waals surface area contributed by atoms with Crippen molar-refractivity contribution >= 4 is 34.0 Å². The van der Waals surface area contributed by atoms with Crippen LogP contribution in [0.5, 0.6) is 0 Å². The average Bonchev–Trinajstić information content (AvgIpc) is 3.02. The predicted molar refractivity (Wildman–Crippen MR) is 105 cm³/mol. The maximum Gasteiger partial charge on any atom is 0.311 e. The highest BCUT2D eigenvalue weighted by Gasteiger charge is 2.13. The van der Waals surface area contributed by atoms with E-state index >= 15 is 0 Å². The van der Waals surface area contributed by atoms with Crippen molar-refractivity contribution in [2.24, 2.45) is 0 Å². The largest absolute Gasteiger partial charge is 0.466 e. The van der Waals surface area contributed by atoms with E-state index in [2.05, 4.69) is 36.0 Å². The van der Waals surface area contributed by atoms with E-state index in [-0.39, 0.29) is 18.3 Å². The lowest BCUT2D eigenvalue weighted by molar-refractivity contribution is -0.142. The number of hydrogen-bond donors (Lipinski definition) is 1. The number of aromatic nitrogens is 1. The van der Waals surface area contributed by atoms with Gasteiger partial charge in [0.1, 0.15) is 0 Å². The number of amides is 1. The summed E-state index contributed by atoms with van der Waals surface area (Å²) in [6, 6.07) is 7.91. The van der Waals surface area contributed by atoms with Gasteiger partial charge in [0.05, 0.1) is 18.7 Å². The van der Waals surface area contributed by atoms with Gasteiger partial charge in [0.15, 0.2) is 5.13 Å². The van der Waals surface area contributed by atoms with E-state index in [9.17, 15) is 9.59 Å². The molecule has 0 saturated heterocycles. The maximum absolute atomic E-state index is 12.4. The summed E-state index contributed by atoms with van der Waals surface area (Å²) in [5, 5.41) is 4.99. The summed E-state index contributed by atoms with van der Waals surface area (Å²) in [6.07, 6.45) is 0.108. The van der Waals surface area contributed by atoms with Gasteiger partial charge in [-0.15, -0.1) is 11.3 Å². The monoisotopic (exact) mass is 375 g/mol. The van der Waals surface area contributed by atoms with Crippen LogP contribution >= 0.6 is 11.3 Å². The first kappa shape index (κ1) is 19.9. The van der Waals surface area contributed by atoms with Gasteiger partial charge in [-0.2, -0.15) is 0 Å². The van der Waals surface area contributed by atoms with Crippen LogP contribution in [0.4, 0.5) is 10.8 Å². The molecule has 1 amide bonds. The molecule has 0 fully saturated rings. The molecule has 1 N–H and O–H groups in total. The zero-order valence-corrected chi connectivity index (χ0v) is 16.4. The van der Waals surface area contributed by atoms with Crippen LogP contribution in [0.3, 0.4) is 0 Å². The molecule has 1 aromatic carbocycles. The fourth-order valence-electron chi connectivity index (χ4n) is 2.62. The zero-order valence-electron chi connectivity index (χ0n) is 15.6. The third-order valence-corrected chi connectivity index (χ3v) is 4.63. The van der Waals surface area contributed by atoms with Gasteiger partial charge in [-0.1, -0.05) is 0 Å². The highest BCUT2D eigenvalue weighted by atomic mass is 32.1. The molecule has 0 aliphatic heterocycles. The SMILES string of the molecule is CCOC(=O)Cc1csc(NC(=O)c2ccc(N(CC)C(C)C)cc2)n1. The van der Waals surface area contributed by atoms with Crippen molar-refractivity contribution in [1.82, 2.24) is 4.98 Å². The number of ether oxygens (including phenoxy) is 1. The summed E-state index contributed by atoms with van der Waals surface area (Å²) < 4.78 is 4.90. The molecule has 2 rings (SSSR count). The van der Waals surface area contributed by atoms with Crippen LogP contribution in [0.25, 0.3) is 0 Å². The second-order valence-electron chi connectivity index (χ2n) is 6.01. The first-order valence-corrected chi connectivity index (χ1v) is 9.60. The van der Waals surface area contributed by atoms with Gasteiger partial charge in [-0.3, -0.25) is 14.9 Å². The molecule has 140 valence electrons. The van der Waals surface area contributed by atoms with Gasteiger partial charge in [0, 0.05) is 29.2 Å². The van der Waals surface area contributed by atoms with Gasteiger partial charge in [-0.25, -0.2) is 4.98 Å². The summed E-state index contributed by atoms with van der Waals surface area (Å²) in [4.78, 5) is 30.4. The molecule has 0 saturated carbocycles. The second-order valence-corrected chi connectivity index (χ2v) is 6.86. The molecule has 2 aromatic rings. The molecule has 0 spiro atoms. The van der Waals surface area contributed by atoms with Crippen molar-refractivity contribution in [2.45, 2.75) is 40.2 Å². The fourth-order valence-corrected chi connectivity index (χ4v) is 3.33. The van der Waals surface area contributed by atoms with E-state index in [4.69, 9.17) is 4.74 Å². The molecule has 7 heteroatoms. The number of hydrogen-bond acceptors (Lipinski definition) is 6. The standard InChI is InChI=1S/C19H25N3O3S/c1-5-22(13(3)4)16-9-7-14(8-10-16)18(24)21-19-20-15(12-26-19)11-17(23)25-6-2/h7-10,12-13H,5-6,11H2,1-4H3,(H,20,21,24). The number of nitrogens with one attached hydrogen (secondary N) is 1. The van der Waals surface area contributed by atoms with Crippen LogP contribution < -0.4 is 10.2 Å². The summed E-state index contributed by atoms with van der Waals surface area (Å²) in [5.74, 6) is -0.543. The van der Waals surface area contributed by atoms with Gasteiger partial charge < -0.3 is 9.64 Å². The number of rotatable bonds is 8. The van der Waals surface area contributed by atoms with Gasteiger partial charge >= 0.3 is 5.97 Å². The van der Waals surface area contributed by atoms with E-state index in [1.807, 2.05) is 24.3 Å². The Morgan fingerprint density at radius 1 is 1.23 bits per heavy atom. The Kier molecular flexibility index (Phi) is 7.15. The third-order valence-electron chi connectivity index (χ3n) is 3.83. The molecule has 0 aliphatic rings. The number of anilines is 2. The smallest absolute Gasteiger partial charge is 0.311 e. The van der Waals surface area contributed by atoms with E-state index in [1.165, 1.54) is 11.3 Å². The van der Waals surface area contributed by atoms with Crippen molar-refractivity contribution in [2.75, 3.05) is 23.4 Å². The van der Waals surface area contributed by atoms with Crippen molar-refractivity contribution in [3.05, 3.63) is 40.9 Å². The molecule has 0 atom stereocenters. The van der Waals surface area contributed by atoms with E-state index in [0.29, 0.717) is 29.0 Å². The Labute approximate surface area is 158 Å². The van der Waals surface area contributed by atoms with Crippen molar-refractivity contribution in [1.29, 1.82) is 0 Å². The lowest BCUT2D eigenvalue weighted by Gasteiger charge is -2.27. The summed E-state index contributed by atoms with van der Waals surface area (Å²) in [5.41, 5.74) is 2.25. The zero-order chi connectivity index (χ0) is 19.1. The second kappa shape index (κ2) is 9.33. The Bertz CT molecular complexity index is 741. The van der Waals surface area contributed by atoms with Crippen molar-refractivity contribution < 1.29 is 14.3 Å². The van der Waals surface area contributed by atoms with Gasteiger partial charge in [0.2, 0.25) is 0 Å². The van der Waals surface area contributed by atoms with Gasteiger partial charge in [0.25, 0.3) is 5.91 Å². The van der Waals surface area contributed by atoms with E-state index in [1.54, 1.807) is 12.3 Å². The van der Waals surface area contributed by atoms with E-state index in [0.717, 1.165) is 12.2 Å². The molecule has 0 unspecified atom stereocenters. The summed E-state index contributed by atoms with van der Waals surface area (Å²) >= 11 is 1.29. The maximum atomic E-state index is 12.4. The average molecular weight is 375 g/mol. The minimum atomic E-state index is -0.322. The Balaban J connectivity index is 1.99. The molecule has 1 heterocycles. The molecular formula is C19H25N3O3S. The minimum Gasteiger partial charge on any atom is -0.466 e. The summed E-state index contributed by atoms with van der Waals surface area (Å²) in [6.45, 7) is 9.40. The summed E-state index contributed by atoms with van der Waals surface area (Å²) in [7, 11) is 0. The van der Waals surface area contributed by atoms with Crippen LogP contribution in [0.1, 0.15) is 43.7 Å². The number of esters is 1. The topological polar surface area (TPSA) is 71.5 Å². The highest BCUT2D eigenvalue weighted by molar-refractivity contribution is 7.14. The Hall–Kier alpha value is -2.41. The quantitative estimate of drug-likeness (QED) is 0.712. The van der Waals surface area contributed by atoms with Crippen LogP contribution in [0, 0.1) is 0 Å². The highest BCUT2D eigenvalue weighted by Crippen LogP contribution is 2.20. The van der Waals surface area contributed by atoms with Crippen LogP contribution in [0.15, 0.2) is 29.6 Å². The molecule has 6 nitrogen and oxygen atoms in total. The van der Waals surface area contributed by atoms with Crippen LogP contribution in [0.2, 0.25) is 0 Å². The number of benzene rings is 1. The van der Waals surface area contributed by atoms with Crippen LogP contribution in [-0.2, 0) is 16.0 Å². The normalized spacial score (nSPS) is 10.7. The van der Waals surface area contributed by atoms with E-state index < -0.39 is 0 Å². The Morgan fingerprint density at radius 2 is 1.92 bits per heavy atom. The fraction of sp³-hybridized carbons (Fsp3) is 0.421. The molecule has 1 aromatic heterocycles. The van der Waals surface area contributed by atoms with Crippen LogP contribution in [-0.4, -0.2) is 36.1 Å². The van der Waals surface area contributed by atoms with Crippen molar-refractivity contribution in [3.8, 4) is 0 Å². The lowest BCUT2D eigenvalue weighted by atomic mass is 10.1. The molecule has 26 heavy (non-hydrogen) atoms. The molecular weight excluding hydrogens is 350 g/mol. The number of nitrogens with zero attached hydrogens (tertiary/aromatic N) is 2. The first-order chi connectivity index (χ1) is 12.4. The Morgan fingerprint density at radius 3 is 2.50 bits per heavy atom. The lowest BCUT2D eigenvalue weighted by Crippen LogP contribution is -2.30.